The molecule has 0 saturated carbocycles. The van der Waals surface area contributed by atoms with Crippen LogP contribution in [0.3, 0.4) is 0 Å². The van der Waals surface area contributed by atoms with Crippen LogP contribution in [0.15, 0.2) is 12.1 Å². The Balaban J connectivity index is 2.79. The molecule has 0 aliphatic rings. The molecule has 0 radical (unpaired) electrons. The highest BCUT2D eigenvalue weighted by molar-refractivity contribution is 7.84. The number of pyridine rings is 1. The number of nitrogens with zero attached hydrogens (tertiary/aromatic N) is 1. The summed E-state index contributed by atoms with van der Waals surface area (Å²) in [5.74, 6) is 0.224. The first-order valence-electron chi connectivity index (χ1n) is 6.23. The number of aromatic carboxylic acids is 1. The van der Waals surface area contributed by atoms with Crippen LogP contribution in [0.2, 0.25) is 0 Å². The summed E-state index contributed by atoms with van der Waals surface area (Å²) in [6, 6.07) is 3.21. The summed E-state index contributed by atoms with van der Waals surface area (Å²) in [5.41, 5.74) is 0.981. The fourth-order valence-electron chi connectivity index (χ4n) is 1.63. The number of hydrogen-bond donors (Lipinski definition) is 2. The third kappa shape index (κ3) is 5.38. The van der Waals surface area contributed by atoms with E-state index in [-0.39, 0.29) is 11.6 Å². The van der Waals surface area contributed by atoms with Gasteiger partial charge >= 0.3 is 5.97 Å². The first kappa shape index (κ1) is 15.6. The molecule has 0 saturated heterocycles. The maximum atomic E-state index is 11.0. The second-order valence-electron chi connectivity index (χ2n) is 4.50. The summed E-state index contributed by atoms with van der Waals surface area (Å²) < 4.78 is 11.0. The number of carbonyl (C=O) groups is 1. The quantitative estimate of drug-likeness (QED) is 0.799. The van der Waals surface area contributed by atoms with Crippen LogP contribution in [0, 0.1) is 0 Å². The zero-order valence-corrected chi connectivity index (χ0v) is 12.3. The number of aryl methyl sites for hydroxylation is 1. The molecular formula is C13H20N2O3S. The minimum absolute atomic E-state index is 0.102. The maximum Gasteiger partial charge on any atom is 0.335 e. The Morgan fingerprint density at radius 3 is 2.74 bits per heavy atom. The molecule has 1 aromatic heterocycles. The molecule has 1 heterocycles. The highest BCUT2D eigenvalue weighted by Crippen LogP contribution is 2.13. The van der Waals surface area contributed by atoms with Crippen LogP contribution in [-0.2, 0) is 17.2 Å². The molecule has 0 bridgehead atoms. The number of carboxylic acid groups (broad SMARTS) is 1. The number of carboxylic acids is 1. The van der Waals surface area contributed by atoms with Crippen LogP contribution in [0.4, 0.5) is 5.82 Å². The van der Waals surface area contributed by atoms with E-state index < -0.39 is 16.8 Å². The third-order valence-electron chi connectivity index (χ3n) is 2.72. The Morgan fingerprint density at radius 1 is 1.53 bits per heavy atom. The van der Waals surface area contributed by atoms with Crippen molar-refractivity contribution < 1.29 is 14.1 Å². The van der Waals surface area contributed by atoms with Crippen LogP contribution in [0.5, 0.6) is 0 Å². The predicted molar refractivity (Wildman–Crippen MR) is 77.2 cm³/mol. The maximum absolute atomic E-state index is 11.0. The van der Waals surface area contributed by atoms with Crippen molar-refractivity contribution in [2.45, 2.75) is 32.7 Å². The molecule has 1 rings (SSSR count). The van der Waals surface area contributed by atoms with Gasteiger partial charge in [-0.15, -0.1) is 0 Å². The second kappa shape index (κ2) is 7.23. The molecule has 2 atom stereocenters. The molecule has 0 aromatic carbocycles. The first-order chi connectivity index (χ1) is 8.92. The highest BCUT2D eigenvalue weighted by Gasteiger charge is 2.10. The summed E-state index contributed by atoms with van der Waals surface area (Å²) in [6.45, 7) is 3.90. The van der Waals surface area contributed by atoms with Gasteiger partial charge in [0, 0.05) is 34.5 Å². The fourth-order valence-corrected chi connectivity index (χ4v) is 2.32. The van der Waals surface area contributed by atoms with Crippen LogP contribution in [-0.4, -0.2) is 38.3 Å². The fraction of sp³-hybridized carbons (Fsp3) is 0.538. The van der Waals surface area contributed by atoms with E-state index >= 15 is 0 Å². The van der Waals surface area contributed by atoms with Gasteiger partial charge in [-0.25, -0.2) is 9.78 Å². The van der Waals surface area contributed by atoms with Crippen molar-refractivity contribution in [2.24, 2.45) is 0 Å². The van der Waals surface area contributed by atoms with Gasteiger partial charge in [0.1, 0.15) is 5.82 Å². The van der Waals surface area contributed by atoms with Gasteiger partial charge in [-0.3, -0.25) is 4.21 Å². The molecule has 0 spiro atoms. The molecule has 5 nitrogen and oxygen atoms in total. The van der Waals surface area contributed by atoms with Crippen LogP contribution >= 0.6 is 0 Å². The normalized spacial score (nSPS) is 13.8. The van der Waals surface area contributed by atoms with Crippen molar-refractivity contribution >= 4 is 22.6 Å². The van der Waals surface area contributed by atoms with Gasteiger partial charge in [-0.1, -0.05) is 6.92 Å². The number of hydrogen-bond acceptors (Lipinski definition) is 4. The minimum Gasteiger partial charge on any atom is -0.478 e. The van der Waals surface area contributed by atoms with Crippen molar-refractivity contribution in [2.75, 3.05) is 17.3 Å². The van der Waals surface area contributed by atoms with E-state index in [9.17, 15) is 9.00 Å². The van der Waals surface area contributed by atoms with Gasteiger partial charge in [0.05, 0.1) is 5.56 Å². The van der Waals surface area contributed by atoms with Gasteiger partial charge in [-0.05, 0) is 31.9 Å². The molecule has 0 amide bonds. The molecule has 6 heteroatoms. The molecule has 1 aromatic rings. The summed E-state index contributed by atoms with van der Waals surface area (Å²) in [5, 5.41) is 12.2. The van der Waals surface area contributed by atoms with E-state index in [0.717, 1.165) is 12.1 Å². The van der Waals surface area contributed by atoms with Crippen molar-refractivity contribution in [1.82, 2.24) is 4.98 Å². The molecule has 0 aliphatic carbocycles. The predicted octanol–water partition coefficient (Wildman–Crippen LogP) is 1.91. The minimum atomic E-state index is -0.956. The zero-order valence-electron chi connectivity index (χ0n) is 11.5. The Labute approximate surface area is 115 Å². The largest absolute Gasteiger partial charge is 0.478 e. The lowest BCUT2D eigenvalue weighted by Gasteiger charge is -2.15. The Bertz CT molecular complexity index is 477. The number of aromatic nitrogens is 1. The van der Waals surface area contributed by atoms with E-state index in [1.54, 1.807) is 12.3 Å². The van der Waals surface area contributed by atoms with Crippen LogP contribution in [0.25, 0.3) is 0 Å². The van der Waals surface area contributed by atoms with E-state index in [2.05, 4.69) is 10.3 Å². The van der Waals surface area contributed by atoms with E-state index in [0.29, 0.717) is 18.0 Å². The average molecular weight is 284 g/mol. The lowest BCUT2D eigenvalue weighted by atomic mass is 10.2. The number of anilines is 1. The molecule has 2 N–H and O–H groups in total. The zero-order chi connectivity index (χ0) is 14.4. The average Bonchev–Trinajstić information content (AvgIpc) is 2.35. The summed E-state index contributed by atoms with van der Waals surface area (Å²) in [4.78, 5) is 15.4. The summed E-state index contributed by atoms with van der Waals surface area (Å²) >= 11 is 0. The molecular weight excluding hydrogens is 264 g/mol. The lowest BCUT2D eigenvalue weighted by Crippen LogP contribution is -2.19. The van der Waals surface area contributed by atoms with Crippen molar-refractivity contribution in [3.63, 3.8) is 0 Å². The smallest absolute Gasteiger partial charge is 0.335 e. The van der Waals surface area contributed by atoms with Gasteiger partial charge in [-0.2, -0.15) is 0 Å². The molecule has 2 unspecified atom stereocenters. The van der Waals surface area contributed by atoms with E-state index in [4.69, 9.17) is 5.11 Å². The third-order valence-corrected chi connectivity index (χ3v) is 3.53. The Hall–Kier alpha value is -1.43. The molecule has 0 aliphatic heterocycles. The van der Waals surface area contributed by atoms with Crippen LogP contribution in [0.1, 0.15) is 36.3 Å². The Morgan fingerprint density at radius 2 is 2.21 bits per heavy atom. The van der Waals surface area contributed by atoms with E-state index in [1.807, 2.05) is 13.8 Å². The van der Waals surface area contributed by atoms with Crippen molar-refractivity contribution in [3.05, 3.63) is 23.4 Å². The lowest BCUT2D eigenvalue weighted by molar-refractivity contribution is 0.0696. The van der Waals surface area contributed by atoms with Crippen molar-refractivity contribution in [1.29, 1.82) is 0 Å². The topological polar surface area (TPSA) is 79.3 Å². The number of nitrogens with one attached hydrogen (secondary N) is 1. The SMILES string of the molecule is CCc1cc(C(=O)O)cc(NC(C)CCS(C)=O)n1. The first-order valence-corrected chi connectivity index (χ1v) is 7.96. The monoisotopic (exact) mass is 284 g/mol. The molecule has 19 heavy (non-hydrogen) atoms. The standard InChI is InChI=1S/C13H20N2O3S/c1-4-11-7-10(13(16)17)8-12(15-11)14-9(2)5-6-19(3)18/h7-9H,4-6H2,1-3H3,(H,14,15)(H,16,17). The highest BCUT2D eigenvalue weighted by atomic mass is 32.2. The van der Waals surface area contributed by atoms with Crippen molar-refractivity contribution in [3.8, 4) is 0 Å². The molecule has 106 valence electrons. The number of rotatable bonds is 7. The molecule has 0 fully saturated rings. The van der Waals surface area contributed by atoms with Gasteiger partial charge < -0.3 is 10.4 Å². The Kier molecular flexibility index (Phi) is 5.95. The van der Waals surface area contributed by atoms with E-state index in [1.165, 1.54) is 6.07 Å². The summed E-state index contributed by atoms with van der Waals surface area (Å²) in [6.07, 6.45) is 3.11. The van der Waals surface area contributed by atoms with Gasteiger partial charge in [0.15, 0.2) is 0 Å². The van der Waals surface area contributed by atoms with Gasteiger partial charge in [0.2, 0.25) is 0 Å². The second-order valence-corrected chi connectivity index (χ2v) is 6.06. The summed E-state index contributed by atoms with van der Waals surface area (Å²) in [7, 11) is -0.816. The van der Waals surface area contributed by atoms with Crippen LogP contribution < -0.4 is 5.32 Å². The van der Waals surface area contributed by atoms with Gasteiger partial charge in [0.25, 0.3) is 0 Å².